The second-order valence-electron chi connectivity index (χ2n) is 8.24. The molecule has 0 aliphatic carbocycles. The molecule has 0 N–H and O–H groups in total. The maximum absolute atomic E-state index is 14.0. The van der Waals surface area contributed by atoms with Gasteiger partial charge in [0.1, 0.15) is 11.4 Å². The predicted octanol–water partition coefficient (Wildman–Crippen LogP) is 5.43. The van der Waals surface area contributed by atoms with Gasteiger partial charge < -0.3 is 9.64 Å². The van der Waals surface area contributed by atoms with Gasteiger partial charge in [-0.1, -0.05) is 48.0 Å². The summed E-state index contributed by atoms with van der Waals surface area (Å²) in [5.41, 5.74) is 5.84. The van der Waals surface area contributed by atoms with Gasteiger partial charge in [-0.05, 0) is 68.7 Å². The lowest BCUT2D eigenvalue weighted by Crippen LogP contribution is -2.35. The number of methoxy groups -OCH3 is 1. The lowest BCUT2D eigenvalue weighted by atomic mass is 9.97. The molecule has 33 heavy (non-hydrogen) atoms. The number of para-hydroxylation sites is 1. The number of hydrogen-bond donors (Lipinski definition) is 0. The second kappa shape index (κ2) is 8.94. The summed E-state index contributed by atoms with van der Waals surface area (Å²) in [5.74, 6) is -0.226. The normalized spacial score (nSPS) is 13.7. The molecule has 1 aliphatic heterocycles. The van der Waals surface area contributed by atoms with E-state index in [9.17, 15) is 9.59 Å². The fourth-order valence-electron chi connectivity index (χ4n) is 4.38. The average molecular weight is 441 g/mol. The minimum Gasteiger partial charge on any atom is -0.495 e. The summed E-state index contributed by atoms with van der Waals surface area (Å²) in [6.45, 7) is 8.42. The molecule has 2 amide bonds. The molecule has 0 fully saturated rings. The summed E-state index contributed by atoms with van der Waals surface area (Å²) in [4.78, 5) is 31.1. The quantitative estimate of drug-likeness (QED) is 0.480. The van der Waals surface area contributed by atoms with E-state index in [1.54, 1.807) is 13.2 Å². The Morgan fingerprint density at radius 1 is 0.848 bits per heavy atom. The van der Waals surface area contributed by atoms with Gasteiger partial charge in [-0.15, -0.1) is 0 Å². The van der Waals surface area contributed by atoms with Crippen molar-refractivity contribution in [2.24, 2.45) is 0 Å². The predicted molar refractivity (Wildman–Crippen MR) is 133 cm³/mol. The number of likely N-dealkylation sites (N-methyl/N-ethyl adjacent to an activating group) is 1. The number of amides is 2. The van der Waals surface area contributed by atoms with Crippen LogP contribution in [0.25, 0.3) is 5.57 Å². The first-order chi connectivity index (χ1) is 15.9. The Morgan fingerprint density at radius 3 is 2.15 bits per heavy atom. The minimum atomic E-state index is -0.357. The smallest absolute Gasteiger partial charge is 0.282 e. The third kappa shape index (κ3) is 3.91. The van der Waals surface area contributed by atoms with Crippen molar-refractivity contribution in [1.82, 2.24) is 0 Å². The third-order valence-electron chi connectivity index (χ3n) is 5.94. The molecule has 0 saturated heterocycles. The molecule has 5 heteroatoms. The summed E-state index contributed by atoms with van der Waals surface area (Å²) < 4.78 is 5.52. The highest BCUT2D eigenvalue weighted by Crippen LogP contribution is 2.41. The van der Waals surface area contributed by atoms with Crippen LogP contribution in [0.3, 0.4) is 0 Å². The Balaban J connectivity index is 1.97. The SMILES string of the molecule is CCN(C1=C(c2ccc(C)cc2C)C(=O)N(c2cc(C)ccc2OC)C1=O)c1ccccc1. The molecule has 1 heterocycles. The number of rotatable bonds is 6. The molecule has 0 aromatic heterocycles. The van der Waals surface area contributed by atoms with Crippen LogP contribution in [0.4, 0.5) is 11.4 Å². The fraction of sp³-hybridized carbons (Fsp3) is 0.214. The number of ether oxygens (including phenoxy) is 1. The molecule has 0 bridgehead atoms. The Labute approximate surface area is 194 Å². The van der Waals surface area contributed by atoms with E-state index in [1.807, 2.05) is 93.3 Å². The fourth-order valence-corrected chi connectivity index (χ4v) is 4.38. The Kier molecular flexibility index (Phi) is 6.05. The van der Waals surface area contributed by atoms with Gasteiger partial charge in [0.25, 0.3) is 11.8 Å². The van der Waals surface area contributed by atoms with Gasteiger partial charge in [-0.25, -0.2) is 4.90 Å². The van der Waals surface area contributed by atoms with Gasteiger partial charge in [0, 0.05) is 12.2 Å². The van der Waals surface area contributed by atoms with E-state index in [1.165, 1.54) is 4.90 Å². The van der Waals surface area contributed by atoms with E-state index in [0.717, 1.165) is 27.9 Å². The van der Waals surface area contributed by atoms with Gasteiger partial charge in [-0.3, -0.25) is 9.59 Å². The van der Waals surface area contributed by atoms with Crippen LogP contribution in [0.5, 0.6) is 5.75 Å². The highest BCUT2D eigenvalue weighted by molar-refractivity contribution is 6.46. The summed E-state index contributed by atoms with van der Waals surface area (Å²) >= 11 is 0. The van der Waals surface area contributed by atoms with Crippen LogP contribution in [0.1, 0.15) is 29.2 Å². The van der Waals surface area contributed by atoms with Crippen molar-refractivity contribution in [3.63, 3.8) is 0 Å². The highest BCUT2D eigenvalue weighted by Gasteiger charge is 2.44. The van der Waals surface area contributed by atoms with E-state index in [0.29, 0.717) is 29.3 Å². The number of hydrogen-bond acceptors (Lipinski definition) is 4. The van der Waals surface area contributed by atoms with Gasteiger partial charge in [0.15, 0.2) is 0 Å². The minimum absolute atomic E-state index is 0.347. The number of aryl methyl sites for hydroxylation is 3. The first kappa shape index (κ1) is 22.3. The number of imide groups is 1. The maximum atomic E-state index is 14.0. The molecule has 0 unspecified atom stereocenters. The summed E-state index contributed by atoms with van der Waals surface area (Å²) in [6.07, 6.45) is 0. The zero-order chi connectivity index (χ0) is 23.7. The Hall–Kier alpha value is -3.86. The van der Waals surface area contributed by atoms with Gasteiger partial charge in [0.2, 0.25) is 0 Å². The van der Waals surface area contributed by atoms with Crippen molar-refractivity contribution < 1.29 is 14.3 Å². The standard InChI is InChI=1S/C28H28N2O3/c1-6-29(21-10-8-7-9-11-21)26-25(22-14-12-18(2)16-20(22)4)27(31)30(28(26)32)23-17-19(3)13-15-24(23)33-5/h7-17H,6H2,1-5H3. The van der Waals surface area contributed by atoms with E-state index in [4.69, 9.17) is 4.74 Å². The Morgan fingerprint density at radius 2 is 1.52 bits per heavy atom. The monoisotopic (exact) mass is 440 g/mol. The molecule has 3 aromatic carbocycles. The van der Waals surface area contributed by atoms with Crippen molar-refractivity contribution in [2.75, 3.05) is 23.5 Å². The molecular weight excluding hydrogens is 412 g/mol. The van der Waals surface area contributed by atoms with Crippen LogP contribution < -0.4 is 14.5 Å². The number of anilines is 2. The maximum Gasteiger partial charge on any atom is 0.282 e. The van der Waals surface area contributed by atoms with Crippen LogP contribution in [-0.2, 0) is 9.59 Å². The summed E-state index contributed by atoms with van der Waals surface area (Å²) in [7, 11) is 1.54. The highest BCUT2D eigenvalue weighted by atomic mass is 16.5. The van der Waals surface area contributed by atoms with Crippen LogP contribution >= 0.6 is 0 Å². The lowest BCUT2D eigenvalue weighted by molar-refractivity contribution is -0.120. The van der Waals surface area contributed by atoms with Crippen LogP contribution in [0, 0.1) is 20.8 Å². The van der Waals surface area contributed by atoms with Crippen molar-refractivity contribution in [2.45, 2.75) is 27.7 Å². The first-order valence-electron chi connectivity index (χ1n) is 11.0. The first-order valence-corrected chi connectivity index (χ1v) is 11.0. The molecule has 0 radical (unpaired) electrons. The zero-order valence-corrected chi connectivity index (χ0v) is 19.7. The molecule has 0 atom stereocenters. The van der Waals surface area contributed by atoms with E-state index >= 15 is 0 Å². The van der Waals surface area contributed by atoms with Gasteiger partial charge >= 0.3 is 0 Å². The van der Waals surface area contributed by atoms with E-state index in [2.05, 4.69) is 0 Å². The number of nitrogens with zero attached hydrogens (tertiary/aromatic N) is 2. The van der Waals surface area contributed by atoms with Crippen molar-refractivity contribution in [1.29, 1.82) is 0 Å². The largest absolute Gasteiger partial charge is 0.495 e. The van der Waals surface area contributed by atoms with Crippen molar-refractivity contribution in [3.8, 4) is 5.75 Å². The molecular formula is C28H28N2O3. The zero-order valence-electron chi connectivity index (χ0n) is 19.7. The van der Waals surface area contributed by atoms with Gasteiger partial charge in [-0.2, -0.15) is 0 Å². The second-order valence-corrected chi connectivity index (χ2v) is 8.24. The molecule has 0 spiro atoms. The summed E-state index contributed by atoms with van der Waals surface area (Å²) in [5, 5.41) is 0. The van der Waals surface area contributed by atoms with Crippen molar-refractivity contribution in [3.05, 3.63) is 94.7 Å². The topological polar surface area (TPSA) is 49.9 Å². The lowest BCUT2D eigenvalue weighted by Gasteiger charge is -2.25. The van der Waals surface area contributed by atoms with Gasteiger partial charge in [0.05, 0.1) is 18.4 Å². The number of benzene rings is 3. The molecule has 4 rings (SSSR count). The Bertz CT molecular complexity index is 1260. The van der Waals surface area contributed by atoms with Crippen LogP contribution in [-0.4, -0.2) is 25.5 Å². The number of carbonyl (C=O) groups is 2. The summed E-state index contributed by atoms with van der Waals surface area (Å²) in [6, 6.07) is 21.1. The molecule has 168 valence electrons. The van der Waals surface area contributed by atoms with Crippen molar-refractivity contribution >= 4 is 28.8 Å². The average Bonchev–Trinajstić information content (AvgIpc) is 3.05. The molecule has 1 aliphatic rings. The molecule has 5 nitrogen and oxygen atoms in total. The van der Waals surface area contributed by atoms with Crippen LogP contribution in [0.15, 0.2) is 72.4 Å². The molecule has 3 aromatic rings. The number of carbonyl (C=O) groups excluding carboxylic acids is 2. The third-order valence-corrected chi connectivity index (χ3v) is 5.94. The van der Waals surface area contributed by atoms with E-state index < -0.39 is 0 Å². The van der Waals surface area contributed by atoms with Crippen LogP contribution in [0.2, 0.25) is 0 Å². The van der Waals surface area contributed by atoms with E-state index in [-0.39, 0.29) is 11.8 Å². The molecule has 0 saturated carbocycles.